The molecule has 0 saturated heterocycles. The van der Waals surface area contributed by atoms with Gasteiger partial charge in [0.2, 0.25) is 0 Å². The number of aromatic nitrogens is 1. The molecule has 4 heteroatoms. The Morgan fingerprint density at radius 3 is 2.56 bits per heavy atom. The normalized spacial score (nSPS) is 11.9. The van der Waals surface area contributed by atoms with E-state index >= 15 is 0 Å². The Morgan fingerprint density at radius 1 is 1.56 bits per heavy atom. The zero-order valence-corrected chi connectivity index (χ0v) is 9.44. The van der Waals surface area contributed by atoms with E-state index in [1.54, 1.807) is 20.8 Å². The zero-order valence-electron chi connectivity index (χ0n) is 9.44. The van der Waals surface area contributed by atoms with Gasteiger partial charge in [-0.2, -0.15) is 0 Å². The number of terminal acetylenes is 1. The number of carboxylic acid groups (broad SMARTS) is 1. The van der Waals surface area contributed by atoms with Crippen LogP contribution in [0.2, 0.25) is 0 Å². The number of carboxylic acids is 1. The first-order valence-corrected chi connectivity index (χ1v) is 4.82. The van der Waals surface area contributed by atoms with Gasteiger partial charge in [0.15, 0.2) is 0 Å². The van der Waals surface area contributed by atoms with Crippen molar-refractivity contribution in [3.05, 3.63) is 33.2 Å². The second kappa shape index (κ2) is 4.23. The molecule has 0 bridgehead atoms. The second-order valence-electron chi connectivity index (χ2n) is 3.64. The maximum absolute atomic E-state index is 11.7. The number of rotatable bonds is 2. The van der Waals surface area contributed by atoms with Crippen molar-refractivity contribution in [3.63, 3.8) is 0 Å². The summed E-state index contributed by atoms with van der Waals surface area (Å²) in [4.78, 5) is 22.8. The summed E-state index contributed by atoms with van der Waals surface area (Å²) in [5.41, 5.74) is 0.713. The van der Waals surface area contributed by atoms with Crippen molar-refractivity contribution in [3.8, 4) is 12.3 Å². The molecule has 84 valence electrons. The fourth-order valence-electron chi connectivity index (χ4n) is 1.78. The number of aryl methyl sites for hydroxylation is 1. The van der Waals surface area contributed by atoms with Crippen LogP contribution in [-0.2, 0) is 0 Å². The average Bonchev–Trinajstić information content (AvgIpc) is 2.15. The third-order valence-electron chi connectivity index (χ3n) is 2.54. The van der Waals surface area contributed by atoms with Crippen LogP contribution in [0.5, 0.6) is 0 Å². The highest BCUT2D eigenvalue weighted by atomic mass is 16.4. The molecular formula is C12H13NO3. The minimum absolute atomic E-state index is 0.140. The smallest absolute Gasteiger partial charge is 0.337 e. The predicted octanol–water partition coefficient (Wildman–Crippen LogP) is 1.36. The quantitative estimate of drug-likeness (QED) is 0.764. The van der Waals surface area contributed by atoms with Crippen molar-refractivity contribution >= 4 is 5.97 Å². The minimum atomic E-state index is -1.05. The molecule has 0 aliphatic carbocycles. The summed E-state index contributed by atoms with van der Waals surface area (Å²) in [6, 6.07) is 0.843. The van der Waals surface area contributed by atoms with Gasteiger partial charge >= 0.3 is 5.97 Å². The maximum Gasteiger partial charge on any atom is 0.337 e. The first-order valence-electron chi connectivity index (χ1n) is 4.82. The van der Waals surface area contributed by atoms with Gasteiger partial charge in [-0.15, -0.1) is 6.42 Å². The van der Waals surface area contributed by atoms with E-state index in [9.17, 15) is 9.59 Å². The van der Waals surface area contributed by atoms with E-state index in [4.69, 9.17) is 11.5 Å². The number of nitrogens with zero attached hydrogens (tertiary/aromatic N) is 1. The van der Waals surface area contributed by atoms with Crippen molar-refractivity contribution in [1.29, 1.82) is 0 Å². The molecule has 4 nitrogen and oxygen atoms in total. The van der Waals surface area contributed by atoms with E-state index in [0.717, 1.165) is 0 Å². The molecule has 1 N–H and O–H groups in total. The standard InChI is InChI=1S/C12H13NO3/c1-5-8(3)13-9(4)11(12(15)16)7(2)6-10(13)14/h1,6,8H,2-4H3,(H,15,16). The van der Waals surface area contributed by atoms with Gasteiger partial charge in [-0.25, -0.2) is 4.79 Å². The molecule has 0 amide bonds. The highest BCUT2D eigenvalue weighted by Gasteiger charge is 2.17. The Kier molecular flexibility index (Phi) is 3.19. The SMILES string of the molecule is C#CC(C)n1c(C)c(C(=O)O)c(C)cc1=O. The van der Waals surface area contributed by atoms with Gasteiger partial charge in [0.05, 0.1) is 11.6 Å². The lowest BCUT2D eigenvalue weighted by Crippen LogP contribution is -2.27. The van der Waals surface area contributed by atoms with Crippen LogP contribution in [0.15, 0.2) is 10.9 Å². The third kappa shape index (κ3) is 1.84. The number of carbonyl (C=O) groups is 1. The van der Waals surface area contributed by atoms with Crippen LogP contribution < -0.4 is 5.56 Å². The highest BCUT2D eigenvalue weighted by molar-refractivity contribution is 5.90. The van der Waals surface area contributed by atoms with Crippen molar-refractivity contribution < 1.29 is 9.90 Å². The van der Waals surface area contributed by atoms with Crippen molar-refractivity contribution in [2.45, 2.75) is 26.8 Å². The second-order valence-corrected chi connectivity index (χ2v) is 3.64. The van der Waals surface area contributed by atoms with Gasteiger partial charge in [0.1, 0.15) is 0 Å². The zero-order chi connectivity index (χ0) is 12.5. The Balaban J connectivity index is 3.66. The third-order valence-corrected chi connectivity index (χ3v) is 2.54. The van der Waals surface area contributed by atoms with Crippen molar-refractivity contribution in [2.75, 3.05) is 0 Å². The van der Waals surface area contributed by atoms with Crippen molar-refractivity contribution in [1.82, 2.24) is 4.57 Å². The average molecular weight is 219 g/mol. The van der Waals surface area contributed by atoms with Gasteiger partial charge in [-0.3, -0.25) is 9.36 Å². The van der Waals surface area contributed by atoms with Crippen LogP contribution in [-0.4, -0.2) is 15.6 Å². The molecule has 1 heterocycles. The topological polar surface area (TPSA) is 59.3 Å². The van der Waals surface area contributed by atoms with Crippen LogP contribution in [0.4, 0.5) is 0 Å². The Hall–Kier alpha value is -2.02. The van der Waals surface area contributed by atoms with Gasteiger partial charge in [-0.05, 0) is 26.3 Å². The molecule has 16 heavy (non-hydrogen) atoms. The lowest BCUT2D eigenvalue weighted by molar-refractivity contribution is 0.0694. The molecule has 0 aliphatic heterocycles. The van der Waals surface area contributed by atoms with Crippen LogP contribution >= 0.6 is 0 Å². The number of pyridine rings is 1. The molecule has 0 aliphatic rings. The van der Waals surface area contributed by atoms with Crippen molar-refractivity contribution in [2.24, 2.45) is 0 Å². The van der Waals surface area contributed by atoms with E-state index < -0.39 is 12.0 Å². The first kappa shape index (κ1) is 12.1. The fraction of sp³-hybridized carbons (Fsp3) is 0.333. The monoisotopic (exact) mass is 219 g/mol. The Labute approximate surface area is 93.5 Å². The maximum atomic E-state index is 11.7. The summed E-state index contributed by atoms with van der Waals surface area (Å²) in [5.74, 6) is 1.37. The molecule has 1 aromatic heterocycles. The van der Waals surface area contributed by atoms with Gasteiger partial charge in [0.25, 0.3) is 5.56 Å². The number of hydrogen-bond acceptors (Lipinski definition) is 2. The van der Waals surface area contributed by atoms with Gasteiger partial charge in [-0.1, -0.05) is 5.92 Å². The summed E-state index contributed by atoms with van der Waals surface area (Å²) in [6.45, 7) is 4.86. The minimum Gasteiger partial charge on any atom is -0.478 e. The molecule has 0 radical (unpaired) electrons. The fourth-order valence-corrected chi connectivity index (χ4v) is 1.78. The molecule has 0 spiro atoms. The number of aromatic carboxylic acids is 1. The van der Waals surface area contributed by atoms with Crippen LogP contribution in [0.1, 0.15) is 34.6 Å². The summed E-state index contributed by atoms with van der Waals surface area (Å²) in [7, 11) is 0. The van der Waals surface area contributed by atoms with E-state index in [0.29, 0.717) is 11.3 Å². The molecular weight excluding hydrogens is 206 g/mol. The highest BCUT2D eigenvalue weighted by Crippen LogP contribution is 2.14. The van der Waals surface area contributed by atoms with Crippen LogP contribution in [0.3, 0.4) is 0 Å². The summed E-state index contributed by atoms with van der Waals surface area (Å²) < 4.78 is 1.32. The molecule has 1 atom stereocenters. The Bertz CT molecular complexity index is 534. The summed E-state index contributed by atoms with van der Waals surface area (Å²) in [6.07, 6.45) is 5.25. The lowest BCUT2D eigenvalue weighted by Gasteiger charge is -2.16. The van der Waals surface area contributed by atoms with E-state index in [2.05, 4.69) is 5.92 Å². The molecule has 1 aromatic rings. The Morgan fingerprint density at radius 2 is 2.12 bits per heavy atom. The van der Waals surface area contributed by atoms with Gasteiger partial charge in [0, 0.05) is 11.8 Å². The predicted molar refractivity (Wildman–Crippen MR) is 60.7 cm³/mol. The summed E-state index contributed by atoms with van der Waals surface area (Å²) >= 11 is 0. The van der Waals surface area contributed by atoms with Crippen LogP contribution in [0, 0.1) is 26.2 Å². The summed E-state index contributed by atoms with van der Waals surface area (Å²) in [5, 5.41) is 9.05. The molecule has 0 aromatic carbocycles. The molecule has 1 unspecified atom stereocenters. The first-order chi connectivity index (χ1) is 7.40. The molecule has 0 saturated carbocycles. The van der Waals surface area contributed by atoms with E-state index in [1.165, 1.54) is 10.6 Å². The largest absolute Gasteiger partial charge is 0.478 e. The number of hydrogen-bond donors (Lipinski definition) is 1. The molecule has 0 fully saturated rings. The van der Waals surface area contributed by atoms with E-state index in [1.807, 2.05) is 0 Å². The molecule has 1 rings (SSSR count). The van der Waals surface area contributed by atoms with Gasteiger partial charge < -0.3 is 5.11 Å². The van der Waals surface area contributed by atoms with Crippen LogP contribution in [0.25, 0.3) is 0 Å². The van der Waals surface area contributed by atoms with E-state index in [-0.39, 0.29) is 11.1 Å². The lowest BCUT2D eigenvalue weighted by atomic mass is 10.1.